The minimum atomic E-state index is -0.161. The molecule has 2 aromatic rings. The summed E-state index contributed by atoms with van der Waals surface area (Å²) in [6.07, 6.45) is 1.15. The van der Waals surface area contributed by atoms with Crippen LogP contribution in [0.1, 0.15) is 12.0 Å². The maximum Gasteiger partial charge on any atom is 0.305 e. The highest BCUT2D eigenvalue weighted by Gasteiger charge is 2.07. The number of esters is 1. The van der Waals surface area contributed by atoms with Crippen LogP contribution in [-0.4, -0.2) is 13.1 Å². The van der Waals surface area contributed by atoms with Crippen LogP contribution in [0.4, 0.5) is 0 Å². The van der Waals surface area contributed by atoms with Crippen molar-refractivity contribution < 1.29 is 9.53 Å². The Morgan fingerprint density at radius 1 is 1.24 bits per heavy atom. The average Bonchev–Trinajstić information content (AvgIpc) is 2.90. The average molecular weight is 246 g/mol. The first kappa shape index (κ1) is 11.9. The summed E-state index contributed by atoms with van der Waals surface area (Å²) in [5, 5.41) is 2.06. The van der Waals surface area contributed by atoms with Crippen LogP contribution in [0.25, 0.3) is 10.4 Å². The van der Waals surface area contributed by atoms with E-state index in [9.17, 15) is 4.79 Å². The smallest absolute Gasteiger partial charge is 0.305 e. The van der Waals surface area contributed by atoms with E-state index in [1.165, 1.54) is 23.1 Å². The predicted octanol–water partition coefficient (Wildman–Crippen LogP) is 3.52. The van der Waals surface area contributed by atoms with E-state index in [2.05, 4.69) is 28.3 Å². The zero-order valence-electron chi connectivity index (χ0n) is 9.68. The highest BCUT2D eigenvalue weighted by atomic mass is 32.1. The van der Waals surface area contributed by atoms with Crippen molar-refractivity contribution in [1.29, 1.82) is 0 Å². The fourth-order valence-electron chi connectivity index (χ4n) is 1.75. The molecule has 0 aliphatic rings. The van der Waals surface area contributed by atoms with Crippen LogP contribution >= 0.6 is 11.3 Å². The van der Waals surface area contributed by atoms with E-state index in [4.69, 9.17) is 0 Å². The summed E-state index contributed by atoms with van der Waals surface area (Å²) in [6, 6.07) is 12.3. The van der Waals surface area contributed by atoms with Crippen LogP contribution in [0.15, 0.2) is 41.8 Å². The quantitative estimate of drug-likeness (QED) is 0.771. The second-order valence-corrected chi connectivity index (χ2v) is 4.66. The lowest BCUT2D eigenvalue weighted by Gasteiger charge is -2.07. The van der Waals surface area contributed by atoms with Crippen molar-refractivity contribution in [2.75, 3.05) is 7.11 Å². The lowest BCUT2D eigenvalue weighted by Crippen LogP contribution is -2.02. The summed E-state index contributed by atoms with van der Waals surface area (Å²) in [5.41, 5.74) is 2.41. The first-order chi connectivity index (χ1) is 8.31. The van der Waals surface area contributed by atoms with Crippen molar-refractivity contribution >= 4 is 17.3 Å². The van der Waals surface area contributed by atoms with Crippen molar-refractivity contribution in [3.05, 3.63) is 47.3 Å². The van der Waals surface area contributed by atoms with Crippen molar-refractivity contribution in [1.82, 2.24) is 0 Å². The number of hydrogen-bond donors (Lipinski definition) is 0. The molecule has 0 bridgehead atoms. The molecule has 88 valence electrons. The van der Waals surface area contributed by atoms with E-state index in [-0.39, 0.29) is 5.97 Å². The molecule has 0 saturated heterocycles. The number of carbonyl (C=O) groups is 1. The fourth-order valence-corrected chi connectivity index (χ4v) is 2.54. The Balaban J connectivity index is 2.20. The van der Waals surface area contributed by atoms with Gasteiger partial charge in [-0.25, -0.2) is 0 Å². The van der Waals surface area contributed by atoms with E-state index in [0.29, 0.717) is 6.42 Å². The van der Waals surface area contributed by atoms with E-state index < -0.39 is 0 Å². The molecule has 3 heteroatoms. The highest BCUT2D eigenvalue weighted by Crippen LogP contribution is 2.28. The molecule has 0 unspecified atom stereocenters. The number of ether oxygens (including phenoxy) is 1. The van der Waals surface area contributed by atoms with E-state index in [1.54, 1.807) is 11.3 Å². The number of rotatable bonds is 4. The fraction of sp³-hybridized carbons (Fsp3) is 0.214. The van der Waals surface area contributed by atoms with Gasteiger partial charge in [-0.2, -0.15) is 0 Å². The Morgan fingerprint density at radius 2 is 2.06 bits per heavy atom. The van der Waals surface area contributed by atoms with E-state index in [0.717, 1.165) is 6.42 Å². The summed E-state index contributed by atoms with van der Waals surface area (Å²) < 4.78 is 4.67. The third-order valence-electron chi connectivity index (χ3n) is 2.63. The van der Waals surface area contributed by atoms with Crippen LogP contribution in [-0.2, 0) is 16.0 Å². The standard InChI is InChI=1S/C14H14O2S/c1-16-14(15)9-8-11-5-2-3-6-12(11)13-7-4-10-17-13/h2-7,10H,8-9H2,1H3. The molecule has 0 amide bonds. The normalized spacial score (nSPS) is 10.2. The Morgan fingerprint density at radius 3 is 2.76 bits per heavy atom. The van der Waals surface area contributed by atoms with Crippen LogP contribution in [0, 0.1) is 0 Å². The van der Waals surface area contributed by atoms with Gasteiger partial charge in [0.05, 0.1) is 7.11 Å². The number of methoxy groups -OCH3 is 1. The molecule has 2 nitrogen and oxygen atoms in total. The molecular weight excluding hydrogens is 232 g/mol. The van der Waals surface area contributed by atoms with Gasteiger partial charge in [-0.3, -0.25) is 4.79 Å². The molecule has 0 fully saturated rings. The van der Waals surface area contributed by atoms with Crippen LogP contribution in [0.3, 0.4) is 0 Å². The third kappa shape index (κ3) is 2.94. The Hall–Kier alpha value is -1.61. The molecule has 0 saturated carbocycles. The monoisotopic (exact) mass is 246 g/mol. The molecule has 1 aromatic heterocycles. The molecule has 0 radical (unpaired) electrons. The van der Waals surface area contributed by atoms with Gasteiger partial charge in [-0.15, -0.1) is 11.3 Å². The molecule has 0 spiro atoms. The zero-order valence-corrected chi connectivity index (χ0v) is 10.5. The summed E-state index contributed by atoms with van der Waals surface area (Å²) >= 11 is 1.71. The molecule has 0 aliphatic carbocycles. The molecule has 0 atom stereocenters. The molecule has 1 heterocycles. The van der Waals surface area contributed by atoms with Crippen molar-refractivity contribution in [2.24, 2.45) is 0 Å². The Kier molecular flexibility index (Phi) is 3.94. The zero-order chi connectivity index (χ0) is 12.1. The number of thiophene rings is 1. The molecule has 0 N–H and O–H groups in total. The second kappa shape index (κ2) is 5.64. The van der Waals surface area contributed by atoms with Crippen LogP contribution in [0.2, 0.25) is 0 Å². The number of aryl methyl sites for hydroxylation is 1. The van der Waals surface area contributed by atoms with Crippen LogP contribution < -0.4 is 0 Å². The third-order valence-corrected chi connectivity index (χ3v) is 3.53. The molecular formula is C14H14O2S. The lowest BCUT2D eigenvalue weighted by atomic mass is 10.0. The van der Waals surface area contributed by atoms with Crippen LogP contribution in [0.5, 0.6) is 0 Å². The van der Waals surface area contributed by atoms with Crippen molar-refractivity contribution in [3.8, 4) is 10.4 Å². The van der Waals surface area contributed by atoms with Gasteiger partial charge >= 0.3 is 5.97 Å². The number of carbonyl (C=O) groups excluding carboxylic acids is 1. The van der Waals surface area contributed by atoms with Gasteiger partial charge in [-0.05, 0) is 29.0 Å². The highest BCUT2D eigenvalue weighted by molar-refractivity contribution is 7.13. The summed E-state index contributed by atoms with van der Waals surface area (Å²) in [6.45, 7) is 0. The van der Waals surface area contributed by atoms with Crippen molar-refractivity contribution in [2.45, 2.75) is 12.8 Å². The maximum absolute atomic E-state index is 11.2. The first-order valence-electron chi connectivity index (χ1n) is 5.50. The summed E-state index contributed by atoms with van der Waals surface area (Å²) in [5.74, 6) is -0.161. The largest absolute Gasteiger partial charge is 0.469 e. The molecule has 0 aliphatic heterocycles. The van der Waals surface area contributed by atoms with Gasteiger partial charge in [0.15, 0.2) is 0 Å². The summed E-state index contributed by atoms with van der Waals surface area (Å²) in [4.78, 5) is 12.4. The van der Waals surface area contributed by atoms with E-state index in [1.807, 2.05) is 18.2 Å². The maximum atomic E-state index is 11.2. The predicted molar refractivity (Wildman–Crippen MR) is 70.1 cm³/mol. The number of hydrogen-bond acceptors (Lipinski definition) is 3. The summed E-state index contributed by atoms with van der Waals surface area (Å²) in [7, 11) is 1.42. The van der Waals surface area contributed by atoms with Gasteiger partial charge in [0.1, 0.15) is 0 Å². The van der Waals surface area contributed by atoms with Gasteiger partial charge in [0, 0.05) is 11.3 Å². The SMILES string of the molecule is COC(=O)CCc1ccccc1-c1cccs1. The van der Waals surface area contributed by atoms with Crippen molar-refractivity contribution in [3.63, 3.8) is 0 Å². The van der Waals surface area contributed by atoms with Gasteiger partial charge in [0.25, 0.3) is 0 Å². The number of benzene rings is 1. The first-order valence-corrected chi connectivity index (χ1v) is 6.38. The minimum Gasteiger partial charge on any atom is -0.469 e. The van der Waals surface area contributed by atoms with Gasteiger partial charge in [0.2, 0.25) is 0 Å². The molecule has 17 heavy (non-hydrogen) atoms. The van der Waals surface area contributed by atoms with Gasteiger partial charge in [-0.1, -0.05) is 30.3 Å². The van der Waals surface area contributed by atoms with E-state index >= 15 is 0 Å². The second-order valence-electron chi connectivity index (χ2n) is 3.71. The lowest BCUT2D eigenvalue weighted by molar-refractivity contribution is -0.140. The molecule has 1 aromatic carbocycles. The molecule has 2 rings (SSSR count). The Bertz CT molecular complexity index is 489. The Labute approximate surface area is 105 Å². The minimum absolute atomic E-state index is 0.161. The topological polar surface area (TPSA) is 26.3 Å². The van der Waals surface area contributed by atoms with Gasteiger partial charge < -0.3 is 4.74 Å².